The van der Waals surface area contributed by atoms with E-state index in [0.29, 0.717) is 38.6 Å². The van der Waals surface area contributed by atoms with Crippen molar-refractivity contribution in [1.29, 1.82) is 0 Å². The van der Waals surface area contributed by atoms with Crippen LogP contribution in [0.5, 0.6) is 0 Å². The molecule has 1 saturated heterocycles. The zero-order valence-electron chi connectivity index (χ0n) is 14.5. The van der Waals surface area contributed by atoms with Gasteiger partial charge in [0.2, 0.25) is 5.91 Å². The van der Waals surface area contributed by atoms with E-state index in [1.165, 1.54) is 0 Å². The van der Waals surface area contributed by atoms with E-state index in [1.807, 2.05) is 18.5 Å². The maximum absolute atomic E-state index is 12.2. The Bertz CT molecular complexity index is 561. The predicted octanol–water partition coefficient (Wildman–Crippen LogP) is 1.01. The molecule has 1 N–H and O–H groups in total. The molecule has 23 heavy (non-hydrogen) atoms. The van der Waals surface area contributed by atoms with Crippen LogP contribution in [0.15, 0.2) is 6.07 Å². The lowest BCUT2D eigenvalue weighted by Gasteiger charge is -2.34. The summed E-state index contributed by atoms with van der Waals surface area (Å²) in [5.74, 6) is 0.374. The zero-order valence-corrected chi connectivity index (χ0v) is 14.5. The average molecular weight is 321 g/mol. The fourth-order valence-corrected chi connectivity index (χ4v) is 2.82. The third kappa shape index (κ3) is 4.71. The summed E-state index contributed by atoms with van der Waals surface area (Å²) in [7, 11) is 0. The molecule has 1 fully saturated rings. The number of amides is 3. The number of aryl methyl sites for hydroxylation is 2. The molecule has 7 heteroatoms. The fourth-order valence-electron chi connectivity index (χ4n) is 2.82. The van der Waals surface area contributed by atoms with Crippen LogP contribution in [0.2, 0.25) is 0 Å². The summed E-state index contributed by atoms with van der Waals surface area (Å²) in [5, 5.41) is 7.43. The highest BCUT2D eigenvalue weighted by Crippen LogP contribution is 2.07. The van der Waals surface area contributed by atoms with Crippen LogP contribution in [0.4, 0.5) is 4.79 Å². The second kappa shape index (κ2) is 7.48. The van der Waals surface area contributed by atoms with Gasteiger partial charge in [-0.25, -0.2) is 4.79 Å². The smallest absolute Gasteiger partial charge is 0.317 e. The number of carbonyl (C=O) groups is 2. The van der Waals surface area contributed by atoms with Gasteiger partial charge in [-0.2, -0.15) is 5.10 Å². The molecular formula is C16H27N5O2. The molecule has 1 aromatic rings. The first-order valence-electron chi connectivity index (χ1n) is 8.16. The van der Waals surface area contributed by atoms with E-state index < -0.39 is 0 Å². The molecule has 1 atom stereocenters. The van der Waals surface area contributed by atoms with Gasteiger partial charge in [-0.1, -0.05) is 6.92 Å². The number of aromatic nitrogens is 2. The van der Waals surface area contributed by atoms with Crippen LogP contribution in [0.1, 0.15) is 25.2 Å². The molecule has 0 bridgehead atoms. The Labute approximate surface area is 137 Å². The van der Waals surface area contributed by atoms with Gasteiger partial charge >= 0.3 is 6.03 Å². The topological polar surface area (TPSA) is 70.5 Å². The van der Waals surface area contributed by atoms with E-state index >= 15 is 0 Å². The Hall–Kier alpha value is -2.05. The summed E-state index contributed by atoms with van der Waals surface area (Å²) >= 11 is 0. The Balaban J connectivity index is 1.74. The summed E-state index contributed by atoms with van der Waals surface area (Å²) in [6, 6.07) is 2.01. The standard InChI is InChI=1S/C16H27N5O2/c1-12(11-21-14(3)9-13(2)18-21)10-17-16(23)20-7-5-19(6-8-20)15(4)22/h9,12H,5-8,10-11H2,1-4H3,(H,17,23). The minimum Gasteiger partial charge on any atom is -0.339 e. The van der Waals surface area contributed by atoms with Crippen LogP contribution in [0.25, 0.3) is 0 Å². The summed E-state index contributed by atoms with van der Waals surface area (Å²) in [5.41, 5.74) is 2.16. The third-order valence-electron chi connectivity index (χ3n) is 4.20. The van der Waals surface area contributed by atoms with Gasteiger partial charge in [0.15, 0.2) is 0 Å². The van der Waals surface area contributed by atoms with Gasteiger partial charge in [-0.15, -0.1) is 0 Å². The Morgan fingerprint density at radius 2 is 1.83 bits per heavy atom. The largest absolute Gasteiger partial charge is 0.339 e. The van der Waals surface area contributed by atoms with Gasteiger partial charge in [0.25, 0.3) is 0 Å². The molecule has 7 nitrogen and oxygen atoms in total. The molecule has 2 rings (SSSR count). The molecule has 0 aromatic carbocycles. The van der Waals surface area contributed by atoms with Crippen molar-refractivity contribution in [3.63, 3.8) is 0 Å². The van der Waals surface area contributed by atoms with Gasteiger partial charge in [0.05, 0.1) is 5.69 Å². The lowest BCUT2D eigenvalue weighted by Crippen LogP contribution is -2.53. The van der Waals surface area contributed by atoms with Crippen LogP contribution >= 0.6 is 0 Å². The average Bonchev–Trinajstić information content (AvgIpc) is 2.82. The fraction of sp³-hybridized carbons (Fsp3) is 0.688. The van der Waals surface area contributed by atoms with Gasteiger partial charge in [-0.05, 0) is 25.8 Å². The van der Waals surface area contributed by atoms with E-state index in [1.54, 1.807) is 16.7 Å². The summed E-state index contributed by atoms with van der Waals surface area (Å²) in [4.78, 5) is 27.0. The summed E-state index contributed by atoms with van der Waals surface area (Å²) in [6.45, 7) is 11.5. The first-order valence-corrected chi connectivity index (χ1v) is 8.16. The molecule has 3 amide bonds. The highest BCUT2D eigenvalue weighted by Gasteiger charge is 2.22. The van der Waals surface area contributed by atoms with E-state index in [4.69, 9.17) is 0 Å². The minimum absolute atomic E-state index is 0.0478. The van der Waals surface area contributed by atoms with Crippen molar-refractivity contribution in [1.82, 2.24) is 24.9 Å². The monoisotopic (exact) mass is 321 g/mol. The normalized spacial score (nSPS) is 16.3. The number of carbonyl (C=O) groups excluding carboxylic acids is 2. The van der Waals surface area contributed by atoms with E-state index in [9.17, 15) is 9.59 Å². The SMILES string of the molecule is CC(=O)N1CCN(C(=O)NCC(C)Cn2nc(C)cc2C)CC1. The van der Waals surface area contributed by atoms with Crippen LogP contribution in [0, 0.1) is 19.8 Å². The first kappa shape index (κ1) is 17.3. The highest BCUT2D eigenvalue weighted by atomic mass is 16.2. The first-order chi connectivity index (χ1) is 10.9. The lowest BCUT2D eigenvalue weighted by atomic mass is 10.2. The highest BCUT2D eigenvalue weighted by molar-refractivity contribution is 5.76. The Morgan fingerprint density at radius 1 is 1.22 bits per heavy atom. The number of hydrogen-bond donors (Lipinski definition) is 1. The molecule has 0 spiro atoms. The van der Waals surface area contributed by atoms with E-state index in [-0.39, 0.29) is 11.9 Å². The number of nitrogens with zero attached hydrogens (tertiary/aromatic N) is 4. The quantitative estimate of drug-likeness (QED) is 0.900. The number of rotatable bonds is 4. The van der Waals surface area contributed by atoms with Crippen molar-refractivity contribution in [2.75, 3.05) is 32.7 Å². The van der Waals surface area contributed by atoms with Crippen molar-refractivity contribution in [3.8, 4) is 0 Å². The van der Waals surface area contributed by atoms with Crippen LogP contribution in [0.3, 0.4) is 0 Å². The van der Waals surface area contributed by atoms with Crippen molar-refractivity contribution in [3.05, 3.63) is 17.5 Å². The van der Waals surface area contributed by atoms with E-state index in [2.05, 4.69) is 23.4 Å². The molecule has 0 saturated carbocycles. The van der Waals surface area contributed by atoms with Gasteiger partial charge in [-0.3, -0.25) is 9.48 Å². The van der Waals surface area contributed by atoms with Crippen LogP contribution in [-0.4, -0.2) is 64.2 Å². The minimum atomic E-state index is -0.0478. The number of urea groups is 1. The van der Waals surface area contributed by atoms with Gasteiger partial charge in [0.1, 0.15) is 0 Å². The summed E-state index contributed by atoms with van der Waals surface area (Å²) in [6.07, 6.45) is 0. The van der Waals surface area contributed by atoms with E-state index in [0.717, 1.165) is 17.9 Å². The van der Waals surface area contributed by atoms with Gasteiger partial charge in [0, 0.05) is 51.9 Å². The van der Waals surface area contributed by atoms with Crippen molar-refractivity contribution in [2.24, 2.45) is 5.92 Å². The molecule has 2 heterocycles. The lowest BCUT2D eigenvalue weighted by molar-refractivity contribution is -0.130. The molecule has 1 unspecified atom stereocenters. The zero-order chi connectivity index (χ0) is 17.0. The third-order valence-corrected chi connectivity index (χ3v) is 4.20. The van der Waals surface area contributed by atoms with Crippen molar-refractivity contribution >= 4 is 11.9 Å². The second-order valence-corrected chi connectivity index (χ2v) is 6.39. The van der Waals surface area contributed by atoms with Crippen molar-refractivity contribution < 1.29 is 9.59 Å². The Morgan fingerprint density at radius 3 is 2.35 bits per heavy atom. The van der Waals surface area contributed by atoms with Gasteiger partial charge < -0.3 is 15.1 Å². The molecule has 0 aliphatic carbocycles. The summed E-state index contributed by atoms with van der Waals surface area (Å²) < 4.78 is 1.98. The maximum atomic E-state index is 12.2. The molecule has 1 aliphatic rings. The molecular weight excluding hydrogens is 294 g/mol. The molecule has 128 valence electrons. The number of hydrogen-bond acceptors (Lipinski definition) is 3. The molecule has 1 aliphatic heterocycles. The Kier molecular flexibility index (Phi) is 5.63. The van der Waals surface area contributed by atoms with Crippen LogP contribution in [-0.2, 0) is 11.3 Å². The van der Waals surface area contributed by atoms with Crippen molar-refractivity contribution in [2.45, 2.75) is 34.2 Å². The van der Waals surface area contributed by atoms with Crippen LogP contribution < -0.4 is 5.32 Å². The maximum Gasteiger partial charge on any atom is 0.317 e. The number of piperazine rings is 1. The second-order valence-electron chi connectivity index (χ2n) is 6.39. The molecule has 0 radical (unpaired) electrons. The molecule has 1 aromatic heterocycles. The number of nitrogens with one attached hydrogen (secondary N) is 1. The predicted molar refractivity (Wildman–Crippen MR) is 88.1 cm³/mol.